The van der Waals surface area contributed by atoms with Gasteiger partial charge in [0.05, 0.1) is 5.69 Å². The largest absolute Gasteiger partial charge is 0.310 e. The van der Waals surface area contributed by atoms with Gasteiger partial charge >= 0.3 is 0 Å². The lowest BCUT2D eigenvalue weighted by Gasteiger charge is -2.30. The lowest BCUT2D eigenvalue weighted by atomic mass is 9.81. The van der Waals surface area contributed by atoms with E-state index in [-0.39, 0.29) is 5.41 Å². The van der Waals surface area contributed by atoms with Gasteiger partial charge in [-0.3, -0.25) is 0 Å². The number of hydrogen-bond donors (Lipinski definition) is 0. The number of hydrogen-bond acceptors (Lipinski definition) is 2. The van der Waals surface area contributed by atoms with E-state index >= 15 is 0 Å². The van der Waals surface area contributed by atoms with E-state index in [1.54, 1.807) is 0 Å². The summed E-state index contributed by atoms with van der Waals surface area (Å²) in [6.07, 6.45) is 0. The molecule has 0 amide bonds. The minimum atomic E-state index is -0.260. The molecule has 2 heteroatoms. The van der Waals surface area contributed by atoms with Crippen LogP contribution in [0.3, 0.4) is 0 Å². The van der Waals surface area contributed by atoms with Crippen LogP contribution in [0, 0.1) is 13.8 Å². The van der Waals surface area contributed by atoms with E-state index in [9.17, 15) is 0 Å². The standard InChI is InChI=1S/C53H42N2/c1-35-17-23-41(24-18-35)54(43-27-21-37-11-5-7-13-39(37)31-43)45-29-30-48-49(33-45)53(3,4)50-34-51(46-15-9-10-16-47(46)52(48)50)55(42-25-19-36(2)20-26-42)44-28-22-38-12-6-8-14-40(38)32-44/h5-34H,1-4H3. The van der Waals surface area contributed by atoms with Crippen molar-refractivity contribution >= 4 is 66.4 Å². The van der Waals surface area contributed by atoms with Crippen LogP contribution in [0.4, 0.5) is 34.1 Å². The van der Waals surface area contributed by atoms with Crippen LogP contribution in [0.25, 0.3) is 43.4 Å². The summed E-state index contributed by atoms with van der Waals surface area (Å²) < 4.78 is 0. The van der Waals surface area contributed by atoms with E-state index in [1.165, 1.54) is 71.4 Å². The Morgan fingerprint density at radius 3 is 1.42 bits per heavy atom. The Labute approximate surface area is 323 Å². The highest BCUT2D eigenvalue weighted by molar-refractivity contribution is 6.10. The number of anilines is 6. The van der Waals surface area contributed by atoms with Crippen molar-refractivity contribution < 1.29 is 0 Å². The Kier molecular flexibility index (Phi) is 7.64. The van der Waals surface area contributed by atoms with Crippen LogP contribution in [-0.2, 0) is 5.41 Å². The summed E-state index contributed by atoms with van der Waals surface area (Å²) in [4.78, 5) is 4.87. The predicted molar refractivity (Wildman–Crippen MR) is 235 cm³/mol. The Balaban J connectivity index is 1.17. The first-order valence-electron chi connectivity index (χ1n) is 19.3. The average molecular weight is 707 g/mol. The van der Waals surface area contributed by atoms with Crippen molar-refractivity contribution in [3.8, 4) is 11.1 Å². The van der Waals surface area contributed by atoms with E-state index in [2.05, 4.69) is 219 Å². The van der Waals surface area contributed by atoms with Crippen molar-refractivity contribution in [3.05, 3.63) is 204 Å². The second-order valence-electron chi connectivity index (χ2n) is 15.6. The molecule has 2 nitrogen and oxygen atoms in total. The monoisotopic (exact) mass is 706 g/mol. The van der Waals surface area contributed by atoms with Crippen LogP contribution in [0.15, 0.2) is 182 Å². The molecule has 9 aromatic rings. The van der Waals surface area contributed by atoms with Gasteiger partial charge in [0.15, 0.2) is 0 Å². The summed E-state index contributed by atoms with van der Waals surface area (Å²) in [7, 11) is 0. The van der Waals surface area contributed by atoms with Gasteiger partial charge in [-0.1, -0.05) is 140 Å². The third kappa shape index (κ3) is 5.48. The highest BCUT2D eigenvalue weighted by atomic mass is 15.1. The fourth-order valence-corrected chi connectivity index (χ4v) is 8.77. The third-order valence-electron chi connectivity index (χ3n) is 11.7. The van der Waals surface area contributed by atoms with Crippen molar-refractivity contribution in [2.75, 3.05) is 9.80 Å². The van der Waals surface area contributed by atoms with Crippen molar-refractivity contribution in [1.29, 1.82) is 0 Å². The van der Waals surface area contributed by atoms with Crippen molar-refractivity contribution in [3.63, 3.8) is 0 Å². The Morgan fingerprint density at radius 1 is 0.364 bits per heavy atom. The number of rotatable bonds is 6. The third-order valence-corrected chi connectivity index (χ3v) is 11.7. The van der Waals surface area contributed by atoms with Gasteiger partial charge in [-0.05, 0) is 130 Å². The molecule has 0 aliphatic heterocycles. The number of aryl methyl sites for hydroxylation is 2. The molecule has 0 bridgehead atoms. The number of benzene rings is 9. The summed E-state index contributed by atoms with van der Waals surface area (Å²) in [5.74, 6) is 0. The molecule has 0 heterocycles. The average Bonchev–Trinajstić information content (AvgIpc) is 3.44. The minimum absolute atomic E-state index is 0.260. The summed E-state index contributed by atoms with van der Waals surface area (Å²) in [6, 6.07) is 67.3. The molecular weight excluding hydrogens is 665 g/mol. The highest BCUT2D eigenvalue weighted by Gasteiger charge is 2.38. The van der Waals surface area contributed by atoms with Gasteiger partial charge in [-0.2, -0.15) is 0 Å². The highest BCUT2D eigenvalue weighted by Crippen LogP contribution is 2.56. The van der Waals surface area contributed by atoms with Crippen LogP contribution in [0.5, 0.6) is 0 Å². The summed E-state index contributed by atoms with van der Waals surface area (Å²) >= 11 is 0. The maximum absolute atomic E-state index is 2.48. The second-order valence-corrected chi connectivity index (χ2v) is 15.6. The first kappa shape index (κ1) is 33.0. The van der Waals surface area contributed by atoms with E-state index in [1.807, 2.05) is 0 Å². The van der Waals surface area contributed by atoms with Crippen molar-refractivity contribution in [1.82, 2.24) is 0 Å². The fourth-order valence-electron chi connectivity index (χ4n) is 8.77. The van der Waals surface area contributed by atoms with Gasteiger partial charge in [0.1, 0.15) is 0 Å². The molecule has 264 valence electrons. The van der Waals surface area contributed by atoms with Gasteiger partial charge in [-0.15, -0.1) is 0 Å². The van der Waals surface area contributed by atoms with Crippen LogP contribution >= 0.6 is 0 Å². The van der Waals surface area contributed by atoms with Gasteiger partial charge in [0.2, 0.25) is 0 Å². The molecule has 0 spiro atoms. The molecule has 1 aliphatic rings. The molecule has 0 fully saturated rings. The summed E-state index contributed by atoms with van der Waals surface area (Å²) in [6.45, 7) is 9.11. The molecule has 10 rings (SSSR count). The zero-order chi connectivity index (χ0) is 37.3. The molecule has 0 saturated heterocycles. The summed E-state index contributed by atoms with van der Waals surface area (Å²) in [5, 5.41) is 7.45. The molecule has 0 atom stereocenters. The number of fused-ring (bicyclic) bond motifs is 7. The van der Waals surface area contributed by atoms with Gasteiger partial charge in [0.25, 0.3) is 0 Å². The quantitative estimate of drug-likeness (QED) is 0.170. The van der Waals surface area contributed by atoms with Gasteiger partial charge in [0, 0.05) is 39.2 Å². The Morgan fingerprint density at radius 2 is 0.818 bits per heavy atom. The second kappa shape index (κ2) is 12.7. The Hall–Kier alpha value is -6.64. The number of nitrogens with zero attached hydrogens (tertiary/aromatic N) is 2. The Bertz CT molecular complexity index is 2920. The first-order chi connectivity index (χ1) is 26.8. The van der Waals surface area contributed by atoms with E-state index in [0.29, 0.717) is 0 Å². The zero-order valence-corrected chi connectivity index (χ0v) is 31.7. The van der Waals surface area contributed by atoms with Crippen LogP contribution < -0.4 is 9.80 Å². The van der Waals surface area contributed by atoms with Gasteiger partial charge < -0.3 is 9.80 Å². The van der Waals surface area contributed by atoms with E-state index in [4.69, 9.17) is 0 Å². The van der Waals surface area contributed by atoms with Crippen LogP contribution in [0.1, 0.15) is 36.1 Å². The fraction of sp³-hybridized carbons (Fsp3) is 0.0943. The zero-order valence-electron chi connectivity index (χ0n) is 31.7. The first-order valence-corrected chi connectivity index (χ1v) is 19.3. The molecule has 0 unspecified atom stereocenters. The maximum Gasteiger partial charge on any atom is 0.0543 e. The van der Waals surface area contributed by atoms with E-state index < -0.39 is 0 Å². The van der Waals surface area contributed by atoms with E-state index in [0.717, 1.165) is 28.4 Å². The predicted octanol–water partition coefficient (Wildman–Crippen LogP) is 15.0. The SMILES string of the molecule is Cc1ccc(N(c2ccc3c(c2)C(C)(C)c2cc(N(c4ccc(C)cc4)c4ccc5ccccc5c4)c4ccccc4c2-3)c2ccc3ccccc3c2)cc1. The molecule has 1 aliphatic carbocycles. The molecule has 55 heavy (non-hydrogen) atoms. The van der Waals surface area contributed by atoms with Gasteiger partial charge in [-0.25, -0.2) is 0 Å². The van der Waals surface area contributed by atoms with Crippen molar-refractivity contribution in [2.45, 2.75) is 33.1 Å². The van der Waals surface area contributed by atoms with Crippen LogP contribution in [-0.4, -0.2) is 0 Å². The smallest absolute Gasteiger partial charge is 0.0543 e. The maximum atomic E-state index is 2.48. The lowest BCUT2D eigenvalue weighted by molar-refractivity contribution is 0.661. The molecule has 9 aromatic carbocycles. The lowest BCUT2D eigenvalue weighted by Crippen LogP contribution is -2.18. The minimum Gasteiger partial charge on any atom is -0.310 e. The van der Waals surface area contributed by atoms with Crippen molar-refractivity contribution in [2.24, 2.45) is 0 Å². The topological polar surface area (TPSA) is 6.48 Å². The normalized spacial score (nSPS) is 12.9. The molecule has 0 saturated carbocycles. The molecule has 0 aromatic heterocycles. The van der Waals surface area contributed by atoms with Crippen LogP contribution in [0.2, 0.25) is 0 Å². The molecule has 0 radical (unpaired) electrons. The molecular formula is C53H42N2. The molecule has 0 N–H and O–H groups in total. The summed E-state index contributed by atoms with van der Waals surface area (Å²) in [5.41, 5.74) is 14.5.